The van der Waals surface area contributed by atoms with E-state index in [0.29, 0.717) is 46.0 Å². The molecule has 0 aliphatic heterocycles. The molecule has 0 aliphatic rings. The molecule has 0 saturated heterocycles. The van der Waals surface area contributed by atoms with E-state index in [-0.39, 0.29) is 23.3 Å². The van der Waals surface area contributed by atoms with Crippen molar-refractivity contribution in [2.45, 2.75) is 26.3 Å². The van der Waals surface area contributed by atoms with Crippen LogP contribution in [0.15, 0.2) is 67.3 Å². The van der Waals surface area contributed by atoms with E-state index in [4.69, 9.17) is 0 Å². The Labute approximate surface area is 278 Å². The summed E-state index contributed by atoms with van der Waals surface area (Å²) in [4.78, 5) is 63.0. The summed E-state index contributed by atoms with van der Waals surface area (Å²) in [5.41, 5.74) is 3.76. The summed E-state index contributed by atoms with van der Waals surface area (Å²) < 4.78 is 5.01. The van der Waals surface area contributed by atoms with E-state index in [1.807, 2.05) is 46.1 Å². The molecule has 48 heavy (non-hydrogen) atoms. The lowest BCUT2D eigenvalue weighted by Crippen LogP contribution is -2.28. The zero-order chi connectivity index (χ0) is 34.5. The summed E-state index contributed by atoms with van der Waals surface area (Å²) in [6.45, 7) is 5.25. The van der Waals surface area contributed by atoms with Crippen LogP contribution < -0.4 is 21.3 Å². The normalized spacial score (nSPS) is 11.2. The number of aryl methyl sites for hydroxylation is 2. The molecule has 14 heteroatoms. The Bertz CT molecular complexity index is 1980. The number of hydrogen-bond acceptors (Lipinski definition) is 7. The van der Waals surface area contributed by atoms with Gasteiger partial charge in [-0.2, -0.15) is 0 Å². The van der Waals surface area contributed by atoms with Gasteiger partial charge in [-0.05, 0) is 71.2 Å². The molecular weight excluding hydrogens is 612 g/mol. The Balaban J connectivity index is 1.24. The molecule has 0 radical (unpaired) electrons. The van der Waals surface area contributed by atoms with Gasteiger partial charge in [0.25, 0.3) is 23.6 Å². The SMILES string of the molecule is CC(C)n1cc(NC(=O)c2cc(NC(=O)c3cnc4ccccc4n3)cn2C)cc1C(=O)Nc1cc(C(=O)NCCCN(C)C)n(C)c1. The van der Waals surface area contributed by atoms with Crippen molar-refractivity contribution in [3.05, 3.63) is 90.0 Å². The number of aromatic nitrogens is 5. The molecule has 0 saturated carbocycles. The number of nitrogens with zero attached hydrogens (tertiary/aromatic N) is 6. The van der Waals surface area contributed by atoms with Crippen molar-refractivity contribution < 1.29 is 19.2 Å². The molecule has 0 fully saturated rings. The van der Waals surface area contributed by atoms with Crippen LogP contribution in [0.3, 0.4) is 0 Å². The van der Waals surface area contributed by atoms with Crippen molar-refractivity contribution in [3.63, 3.8) is 0 Å². The summed E-state index contributed by atoms with van der Waals surface area (Å²) in [6.07, 6.45) is 7.22. The van der Waals surface area contributed by atoms with Gasteiger partial charge in [-0.3, -0.25) is 24.2 Å². The zero-order valence-electron chi connectivity index (χ0n) is 27.9. The number of carbonyl (C=O) groups excluding carboxylic acids is 4. The van der Waals surface area contributed by atoms with Crippen LogP contribution in [0.1, 0.15) is 68.3 Å². The van der Waals surface area contributed by atoms with Crippen LogP contribution in [0.2, 0.25) is 0 Å². The molecule has 5 aromatic rings. The highest BCUT2D eigenvalue weighted by Crippen LogP contribution is 2.23. The van der Waals surface area contributed by atoms with Crippen molar-refractivity contribution in [1.29, 1.82) is 0 Å². The van der Waals surface area contributed by atoms with E-state index in [1.165, 1.54) is 6.20 Å². The fourth-order valence-corrected chi connectivity index (χ4v) is 5.21. The van der Waals surface area contributed by atoms with Gasteiger partial charge in [-0.15, -0.1) is 0 Å². The average Bonchev–Trinajstić information content (AvgIpc) is 3.75. The second kappa shape index (κ2) is 14.3. The van der Waals surface area contributed by atoms with E-state index < -0.39 is 17.7 Å². The largest absolute Gasteiger partial charge is 0.351 e. The average molecular weight is 653 g/mol. The van der Waals surface area contributed by atoms with E-state index in [2.05, 4.69) is 36.1 Å². The minimum absolute atomic E-state index is 0.0919. The molecule has 4 heterocycles. The van der Waals surface area contributed by atoms with Crippen molar-refractivity contribution in [3.8, 4) is 0 Å². The van der Waals surface area contributed by atoms with Gasteiger partial charge >= 0.3 is 0 Å². The molecule has 250 valence electrons. The smallest absolute Gasteiger partial charge is 0.275 e. The Morgan fingerprint density at radius 1 is 0.750 bits per heavy atom. The number of carbonyl (C=O) groups is 4. The molecule has 5 rings (SSSR count). The van der Waals surface area contributed by atoms with Crippen LogP contribution in [0.4, 0.5) is 17.1 Å². The van der Waals surface area contributed by atoms with Gasteiger partial charge in [0, 0.05) is 45.3 Å². The van der Waals surface area contributed by atoms with Crippen molar-refractivity contribution in [2.24, 2.45) is 14.1 Å². The van der Waals surface area contributed by atoms with Crippen molar-refractivity contribution in [2.75, 3.05) is 43.1 Å². The predicted molar refractivity (Wildman–Crippen MR) is 185 cm³/mol. The van der Waals surface area contributed by atoms with Crippen LogP contribution in [0, 0.1) is 0 Å². The number of fused-ring (bicyclic) bond motifs is 1. The molecule has 0 atom stereocenters. The van der Waals surface area contributed by atoms with E-state index in [1.54, 1.807) is 70.7 Å². The minimum atomic E-state index is -0.457. The van der Waals surface area contributed by atoms with E-state index >= 15 is 0 Å². The van der Waals surface area contributed by atoms with Gasteiger partial charge < -0.3 is 39.9 Å². The molecule has 14 nitrogen and oxygen atoms in total. The van der Waals surface area contributed by atoms with Gasteiger partial charge in [-0.1, -0.05) is 12.1 Å². The maximum Gasteiger partial charge on any atom is 0.275 e. The third-order valence-corrected chi connectivity index (χ3v) is 7.64. The fraction of sp³-hybridized carbons (Fsp3) is 0.294. The molecule has 0 unspecified atom stereocenters. The molecule has 4 amide bonds. The van der Waals surface area contributed by atoms with Gasteiger partial charge in [0.05, 0.1) is 34.3 Å². The van der Waals surface area contributed by atoms with Crippen LogP contribution in [0.25, 0.3) is 11.0 Å². The maximum absolute atomic E-state index is 13.4. The highest BCUT2D eigenvalue weighted by Gasteiger charge is 2.21. The highest BCUT2D eigenvalue weighted by molar-refractivity contribution is 6.08. The van der Waals surface area contributed by atoms with Crippen molar-refractivity contribution >= 4 is 51.7 Å². The number of rotatable bonds is 12. The highest BCUT2D eigenvalue weighted by atomic mass is 16.2. The first-order chi connectivity index (χ1) is 22.9. The summed E-state index contributed by atoms with van der Waals surface area (Å²) in [7, 11) is 7.39. The monoisotopic (exact) mass is 652 g/mol. The predicted octanol–water partition coefficient (Wildman–Crippen LogP) is 4.13. The first-order valence-corrected chi connectivity index (χ1v) is 15.5. The van der Waals surface area contributed by atoms with Gasteiger partial charge in [-0.25, -0.2) is 4.98 Å². The van der Waals surface area contributed by atoms with Gasteiger partial charge in [0.1, 0.15) is 22.8 Å². The van der Waals surface area contributed by atoms with Gasteiger partial charge in [0.15, 0.2) is 0 Å². The molecular formula is C34H40N10O4. The second-order valence-electron chi connectivity index (χ2n) is 12.1. The Morgan fingerprint density at radius 3 is 1.92 bits per heavy atom. The fourth-order valence-electron chi connectivity index (χ4n) is 5.21. The first-order valence-electron chi connectivity index (χ1n) is 15.5. The van der Waals surface area contributed by atoms with E-state index in [9.17, 15) is 19.2 Å². The second-order valence-corrected chi connectivity index (χ2v) is 12.1. The lowest BCUT2D eigenvalue weighted by molar-refractivity contribution is 0.0942. The lowest BCUT2D eigenvalue weighted by atomic mass is 10.3. The minimum Gasteiger partial charge on any atom is -0.351 e. The third kappa shape index (κ3) is 7.78. The Hall–Kier alpha value is -5.76. The topological polar surface area (TPSA) is 160 Å². The Morgan fingerprint density at radius 2 is 1.29 bits per heavy atom. The molecule has 4 aromatic heterocycles. The molecule has 4 N–H and O–H groups in total. The number of benzene rings is 1. The van der Waals surface area contributed by atoms with Crippen molar-refractivity contribution in [1.82, 2.24) is 33.9 Å². The number of para-hydroxylation sites is 2. The quantitative estimate of drug-likeness (QED) is 0.148. The lowest BCUT2D eigenvalue weighted by Gasteiger charge is -2.12. The number of hydrogen-bond donors (Lipinski definition) is 4. The summed E-state index contributed by atoms with van der Waals surface area (Å²) in [6, 6.07) is 11.9. The molecule has 1 aromatic carbocycles. The van der Waals surface area contributed by atoms with Crippen LogP contribution >= 0.6 is 0 Å². The standard InChI is InChI=1S/C34H40N10O4/c1-21(2)44-20-24(16-30(44)34(48)38-23-14-28(42(5)19-23)32(46)35-12-9-13-41(3)4)39-33(47)29-15-22(18-43(29)6)37-31(45)27-17-36-25-10-7-8-11-26(25)40-27/h7-8,10-11,14-21H,9,12-13H2,1-6H3,(H,35,46)(H,37,45)(H,38,48)(H,39,47). The van der Waals surface area contributed by atoms with Gasteiger partial charge in [0.2, 0.25) is 0 Å². The molecule has 0 bridgehead atoms. The zero-order valence-corrected chi connectivity index (χ0v) is 27.9. The van der Waals surface area contributed by atoms with E-state index in [0.717, 1.165) is 13.0 Å². The third-order valence-electron chi connectivity index (χ3n) is 7.64. The summed E-state index contributed by atoms with van der Waals surface area (Å²) >= 11 is 0. The molecule has 0 spiro atoms. The number of anilines is 3. The van der Waals surface area contributed by atoms with Crippen LogP contribution in [-0.4, -0.2) is 79.4 Å². The van der Waals surface area contributed by atoms with Crippen LogP contribution in [0.5, 0.6) is 0 Å². The maximum atomic E-state index is 13.4. The number of amides is 4. The Kier molecular flexibility index (Phi) is 10.0. The number of nitrogens with one attached hydrogen (secondary N) is 4. The summed E-state index contributed by atoms with van der Waals surface area (Å²) in [5, 5.41) is 11.4. The summed E-state index contributed by atoms with van der Waals surface area (Å²) in [5.74, 6) is -1.51. The van der Waals surface area contributed by atoms with Crippen LogP contribution in [-0.2, 0) is 14.1 Å². The first kappa shape index (κ1) is 33.6. The molecule has 0 aliphatic carbocycles.